The third-order valence-corrected chi connectivity index (χ3v) is 3.01. The van der Waals surface area contributed by atoms with Crippen LogP contribution in [-0.2, 0) is 9.63 Å². The summed E-state index contributed by atoms with van der Waals surface area (Å²) in [6.45, 7) is 0. The Balaban J connectivity index is 2.50. The molecule has 0 radical (unpaired) electrons. The van der Waals surface area contributed by atoms with Crippen LogP contribution >= 0.6 is 15.9 Å². The molecule has 0 heterocycles. The van der Waals surface area contributed by atoms with Gasteiger partial charge in [-0.1, -0.05) is 22.0 Å². The van der Waals surface area contributed by atoms with Crippen LogP contribution < -0.4 is 0 Å². The summed E-state index contributed by atoms with van der Waals surface area (Å²) in [5.74, 6) is 0.157. The molecule has 0 aromatic rings. The van der Waals surface area contributed by atoms with Gasteiger partial charge in [-0.25, -0.2) is 5.06 Å². The van der Waals surface area contributed by atoms with Gasteiger partial charge in [0.1, 0.15) is 0 Å². The van der Waals surface area contributed by atoms with Gasteiger partial charge in [-0.3, -0.25) is 9.63 Å². The average molecular weight is 248 g/mol. The topological polar surface area (TPSA) is 29.5 Å². The van der Waals surface area contributed by atoms with Crippen molar-refractivity contribution in [2.75, 3.05) is 14.2 Å². The van der Waals surface area contributed by atoms with Crippen molar-refractivity contribution in [3.63, 3.8) is 0 Å². The third-order valence-electron chi connectivity index (χ3n) is 2.29. The molecule has 1 aliphatic carbocycles. The first kappa shape index (κ1) is 10.7. The molecule has 1 aliphatic rings. The number of rotatable bonds is 2. The molecule has 0 aromatic heterocycles. The summed E-state index contributed by atoms with van der Waals surface area (Å²) < 4.78 is 1.21. The zero-order valence-electron chi connectivity index (χ0n) is 7.92. The van der Waals surface area contributed by atoms with E-state index in [0.29, 0.717) is 0 Å². The number of hydrogen-bond acceptors (Lipinski definition) is 2. The highest BCUT2D eigenvalue weighted by Crippen LogP contribution is 2.27. The van der Waals surface area contributed by atoms with Crippen molar-refractivity contribution in [2.45, 2.75) is 19.3 Å². The SMILES string of the molecule is CON(C)C(=O)C1CC=C(Br)CC1. The van der Waals surface area contributed by atoms with Crippen LogP contribution in [0.5, 0.6) is 0 Å². The highest BCUT2D eigenvalue weighted by atomic mass is 79.9. The maximum atomic E-state index is 11.6. The summed E-state index contributed by atoms with van der Waals surface area (Å²) in [5, 5.41) is 1.30. The fraction of sp³-hybridized carbons (Fsp3) is 0.667. The van der Waals surface area contributed by atoms with Gasteiger partial charge in [0.05, 0.1) is 7.11 Å². The number of allylic oxidation sites excluding steroid dienone is 2. The van der Waals surface area contributed by atoms with E-state index in [2.05, 4.69) is 22.0 Å². The summed E-state index contributed by atoms with van der Waals surface area (Å²) in [4.78, 5) is 16.4. The zero-order chi connectivity index (χ0) is 9.84. The second kappa shape index (κ2) is 4.77. The lowest BCUT2D eigenvalue weighted by Crippen LogP contribution is -2.32. The highest BCUT2D eigenvalue weighted by molar-refractivity contribution is 9.11. The summed E-state index contributed by atoms with van der Waals surface area (Å²) in [6.07, 6.45) is 4.74. The van der Waals surface area contributed by atoms with Crippen LogP contribution in [-0.4, -0.2) is 25.1 Å². The van der Waals surface area contributed by atoms with E-state index in [0.717, 1.165) is 19.3 Å². The van der Waals surface area contributed by atoms with Gasteiger partial charge in [0.2, 0.25) is 5.91 Å². The van der Waals surface area contributed by atoms with Crippen LogP contribution in [0.15, 0.2) is 10.6 Å². The van der Waals surface area contributed by atoms with Crippen LogP contribution in [0.3, 0.4) is 0 Å². The molecular weight excluding hydrogens is 234 g/mol. The summed E-state index contributed by atoms with van der Waals surface area (Å²) in [6, 6.07) is 0. The Morgan fingerprint density at radius 3 is 2.92 bits per heavy atom. The van der Waals surface area contributed by atoms with E-state index in [9.17, 15) is 4.79 Å². The van der Waals surface area contributed by atoms with E-state index in [1.807, 2.05) is 0 Å². The molecule has 74 valence electrons. The van der Waals surface area contributed by atoms with Crippen LogP contribution in [0.25, 0.3) is 0 Å². The molecule has 0 saturated heterocycles. The van der Waals surface area contributed by atoms with Gasteiger partial charge in [0, 0.05) is 13.0 Å². The van der Waals surface area contributed by atoms with Crippen molar-refractivity contribution in [3.8, 4) is 0 Å². The Bertz CT molecular complexity index is 228. The summed E-state index contributed by atoms with van der Waals surface area (Å²) >= 11 is 3.42. The summed E-state index contributed by atoms with van der Waals surface area (Å²) in [5.41, 5.74) is 0. The number of halogens is 1. The quantitative estimate of drug-likeness (QED) is 0.700. The van der Waals surface area contributed by atoms with E-state index in [1.165, 1.54) is 16.7 Å². The minimum absolute atomic E-state index is 0.0683. The van der Waals surface area contributed by atoms with E-state index in [1.54, 1.807) is 7.05 Å². The van der Waals surface area contributed by atoms with Crippen LogP contribution in [0.1, 0.15) is 19.3 Å². The van der Waals surface area contributed by atoms with E-state index < -0.39 is 0 Å². The van der Waals surface area contributed by atoms with Gasteiger partial charge < -0.3 is 0 Å². The molecule has 13 heavy (non-hydrogen) atoms. The molecule has 1 rings (SSSR count). The van der Waals surface area contributed by atoms with Crippen molar-refractivity contribution in [3.05, 3.63) is 10.6 Å². The Morgan fingerprint density at radius 1 is 1.77 bits per heavy atom. The first-order valence-corrected chi connectivity index (χ1v) is 5.10. The third kappa shape index (κ3) is 2.81. The van der Waals surface area contributed by atoms with Gasteiger partial charge in [0.25, 0.3) is 0 Å². The predicted molar refractivity (Wildman–Crippen MR) is 54.1 cm³/mol. The maximum absolute atomic E-state index is 11.6. The zero-order valence-corrected chi connectivity index (χ0v) is 9.50. The lowest BCUT2D eigenvalue weighted by molar-refractivity contribution is -0.173. The minimum Gasteiger partial charge on any atom is -0.275 e. The molecule has 0 spiro atoms. The van der Waals surface area contributed by atoms with Crippen molar-refractivity contribution in [1.82, 2.24) is 5.06 Å². The first-order valence-electron chi connectivity index (χ1n) is 4.31. The van der Waals surface area contributed by atoms with Gasteiger partial charge >= 0.3 is 0 Å². The predicted octanol–water partition coefficient (Wildman–Crippen LogP) is 2.09. The molecule has 0 bridgehead atoms. The van der Waals surface area contributed by atoms with Gasteiger partial charge in [0.15, 0.2) is 0 Å². The number of hydroxylamine groups is 2. The second-order valence-corrected chi connectivity index (χ2v) is 4.16. The first-order chi connectivity index (χ1) is 6.15. The monoisotopic (exact) mass is 247 g/mol. The average Bonchev–Trinajstić information content (AvgIpc) is 2.17. The van der Waals surface area contributed by atoms with Crippen LogP contribution in [0, 0.1) is 5.92 Å². The highest BCUT2D eigenvalue weighted by Gasteiger charge is 2.23. The van der Waals surface area contributed by atoms with E-state index in [-0.39, 0.29) is 11.8 Å². The molecule has 4 heteroatoms. The lowest BCUT2D eigenvalue weighted by atomic mass is 9.93. The number of carbonyl (C=O) groups excluding carboxylic acids is 1. The molecule has 0 aromatic carbocycles. The molecule has 0 saturated carbocycles. The molecule has 0 N–H and O–H groups in total. The fourth-order valence-corrected chi connectivity index (χ4v) is 1.79. The smallest absolute Gasteiger partial charge is 0.249 e. The number of carbonyl (C=O) groups is 1. The van der Waals surface area contributed by atoms with E-state index >= 15 is 0 Å². The Hall–Kier alpha value is -0.350. The largest absolute Gasteiger partial charge is 0.275 e. The standard InChI is InChI=1S/C9H14BrNO2/c1-11(13-2)9(12)7-3-5-8(10)6-4-7/h5,7H,3-4,6H2,1-2H3. The van der Waals surface area contributed by atoms with Gasteiger partial charge in [-0.15, -0.1) is 0 Å². The van der Waals surface area contributed by atoms with Crippen molar-refractivity contribution >= 4 is 21.8 Å². The van der Waals surface area contributed by atoms with Gasteiger partial charge in [-0.05, 0) is 23.7 Å². The van der Waals surface area contributed by atoms with Crippen LogP contribution in [0.4, 0.5) is 0 Å². The molecule has 3 nitrogen and oxygen atoms in total. The fourth-order valence-electron chi connectivity index (χ4n) is 1.37. The van der Waals surface area contributed by atoms with E-state index in [4.69, 9.17) is 4.84 Å². The van der Waals surface area contributed by atoms with Gasteiger partial charge in [-0.2, -0.15) is 0 Å². The molecule has 1 unspecified atom stereocenters. The maximum Gasteiger partial charge on any atom is 0.249 e. The normalized spacial score (nSPS) is 22.4. The molecule has 0 fully saturated rings. The summed E-state index contributed by atoms with van der Waals surface area (Å²) in [7, 11) is 3.15. The van der Waals surface area contributed by atoms with Crippen LogP contribution in [0.2, 0.25) is 0 Å². The van der Waals surface area contributed by atoms with Crippen molar-refractivity contribution in [2.24, 2.45) is 5.92 Å². The van der Waals surface area contributed by atoms with Crippen molar-refractivity contribution < 1.29 is 9.63 Å². The van der Waals surface area contributed by atoms with Crippen molar-refractivity contribution in [1.29, 1.82) is 0 Å². The molecule has 1 atom stereocenters. The Morgan fingerprint density at radius 2 is 2.46 bits per heavy atom. The second-order valence-electron chi connectivity index (χ2n) is 3.14. The Labute approximate surface area is 86.8 Å². The molecule has 1 amide bonds. The molecular formula is C9H14BrNO2. The number of nitrogens with zero attached hydrogens (tertiary/aromatic N) is 1. The minimum atomic E-state index is 0.0683. The number of hydrogen-bond donors (Lipinski definition) is 0. The number of amides is 1. The molecule has 0 aliphatic heterocycles. The Kier molecular flexibility index (Phi) is 3.93. The lowest BCUT2D eigenvalue weighted by Gasteiger charge is -2.23.